The van der Waals surface area contributed by atoms with Gasteiger partial charge in [0.1, 0.15) is 6.04 Å². The summed E-state index contributed by atoms with van der Waals surface area (Å²) in [5, 5.41) is 22.5. The van der Waals surface area contributed by atoms with Gasteiger partial charge in [-0.2, -0.15) is 0 Å². The van der Waals surface area contributed by atoms with Gasteiger partial charge in [-0.1, -0.05) is 6.92 Å². The van der Waals surface area contributed by atoms with Crippen LogP contribution in [-0.4, -0.2) is 54.1 Å². The van der Waals surface area contributed by atoms with Crippen LogP contribution < -0.4 is 10.6 Å². The van der Waals surface area contributed by atoms with Crippen LogP contribution in [0.15, 0.2) is 0 Å². The second kappa shape index (κ2) is 7.96. The number of hydrogen-bond donors (Lipinski definition) is 4. The lowest BCUT2D eigenvalue weighted by Crippen LogP contribution is -2.47. The third-order valence-corrected chi connectivity index (χ3v) is 3.29. The van der Waals surface area contributed by atoms with Gasteiger partial charge >= 0.3 is 12.0 Å². The zero-order valence-corrected chi connectivity index (χ0v) is 11.1. The number of aliphatic carboxylic acids is 1. The number of rotatable bonds is 7. The van der Waals surface area contributed by atoms with Gasteiger partial charge in [0, 0.05) is 32.1 Å². The molecule has 7 heteroatoms. The normalized spacial score (nSPS) is 23.9. The van der Waals surface area contributed by atoms with Crippen molar-refractivity contribution in [3.63, 3.8) is 0 Å². The molecule has 19 heavy (non-hydrogen) atoms. The number of carboxylic acid groups (broad SMARTS) is 1. The maximum absolute atomic E-state index is 11.6. The van der Waals surface area contributed by atoms with Crippen LogP contribution in [0.4, 0.5) is 4.79 Å². The maximum atomic E-state index is 11.6. The number of urea groups is 1. The topological polar surface area (TPSA) is 108 Å². The molecule has 1 aliphatic rings. The molecule has 1 fully saturated rings. The molecule has 1 saturated heterocycles. The highest BCUT2D eigenvalue weighted by atomic mass is 16.5. The molecule has 0 radical (unpaired) electrons. The molecule has 0 aromatic heterocycles. The summed E-state index contributed by atoms with van der Waals surface area (Å²) in [5.74, 6) is -0.878. The molecular weight excluding hydrogens is 252 g/mol. The fraction of sp³-hybridized carbons (Fsp3) is 0.833. The molecule has 1 rings (SSSR count). The molecule has 2 amide bonds. The number of carbonyl (C=O) groups is 2. The van der Waals surface area contributed by atoms with Gasteiger partial charge in [0.25, 0.3) is 0 Å². The molecule has 0 aliphatic carbocycles. The fourth-order valence-electron chi connectivity index (χ4n) is 2.20. The first-order valence-corrected chi connectivity index (χ1v) is 6.58. The van der Waals surface area contributed by atoms with Crippen molar-refractivity contribution in [2.75, 3.05) is 19.8 Å². The summed E-state index contributed by atoms with van der Waals surface area (Å²) in [5.41, 5.74) is 0. The lowest BCUT2D eigenvalue weighted by Gasteiger charge is -2.19. The number of hydrogen-bond acceptors (Lipinski definition) is 4. The molecule has 3 unspecified atom stereocenters. The van der Waals surface area contributed by atoms with Crippen LogP contribution in [-0.2, 0) is 9.53 Å². The van der Waals surface area contributed by atoms with Crippen molar-refractivity contribution >= 4 is 12.0 Å². The molecule has 0 aromatic carbocycles. The zero-order chi connectivity index (χ0) is 14.3. The standard InChI is InChI=1S/C12H22N2O5/c1-2-10-8(4-6-19-10)7-13-12(18)14-9(3-5-15)11(16)17/h8-10,15H,2-7H2,1H3,(H,16,17)(H2,13,14,18). The van der Waals surface area contributed by atoms with Crippen molar-refractivity contribution in [1.29, 1.82) is 0 Å². The Morgan fingerprint density at radius 3 is 2.79 bits per heavy atom. The van der Waals surface area contributed by atoms with E-state index in [4.69, 9.17) is 14.9 Å². The minimum atomic E-state index is -1.15. The van der Waals surface area contributed by atoms with Gasteiger partial charge in [0.05, 0.1) is 6.10 Å². The Hall–Kier alpha value is -1.34. The molecule has 7 nitrogen and oxygen atoms in total. The number of nitrogens with one attached hydrogen (secondary N) is 2. The number of aliphatic hydroxyl groups excluding tert-OH is 1. The van der Waals surface area contributed by atoms with Crippen LogP contribution in [0, 0.1) is 5.92 Å². The van der Waals surface area contributed by atoms with Crippen LogP contribution in [0.5, 0.6) is 0 Å². The maximum Gasteiger partial charge on any atom is 0.326 e. The Balaban J connectivity index is 2.32. The molecule has 1 aliphatic heterocycles. The van der Waals surface area contributed by atoms with Crippen molar-refractivity contribution < 1.29 is 24.5 Å². The van der Waals surface area contributed by atoms with E-state index in [1.165, 1.54) is 0 Å². The van der Waals surface area contributed by atoms with Gasteiger partial charge in [-0.25, -0.2) is 9.59 Å². The number of amides is 2. The van der Waals surface area contributed by atoms with E-state index in [9.17, 15) is 9.59 Å². The molecule has 1 heterocycles. The molecule has 0 aromatic rings. The van der Waals surface area contributed by atoms with E-state index in [1.807, 2.05) is 6.92 Å². The van der Waals surface area contributed by atoms with Gasteiger partial charge in [-0.3, -0.25) is 0 Å². The Morgan fingerprint density at radius 2 is 2.21 bits per heavy atom. The van der Waals surface area contributed by atoms with Crippen LogP contribution in [0.3, 0.4) is 0 Å². The number of ether oxygens (including phenoxy) is 1. The third-order valence-electron chi connectivity index (χ3n) is 3.29. The van der Waals surface area contributed by atoms with Crippen LogP contribution in [0.25, 0.3) is 0 Å². The Bertz CT molecular complexity index is 310. The lowest BCUT2D eigenvalue weighted by molar-refractivity contribution is -0.139. The minimum Gasteiger partial charge on any atom is -0.480 e. The highest BCUT2D eigenvalue weighted by Crippen LogP contribution is 2.22. The minimum absolute atomic E-state index is 0.00707. The van der Waals surface area contributed by atoms with E-state index in [-0.39, 0.29) is 25.0 Å². The van der Waals surface area contributed by atoms with Crippen molar-refractivity contribution in [1.82, 2.24) is 10.6 Å². The van der Waals surface area contributed by atoms with E-state index in [1.54, 1.807) is 0 Å². The second-order valence-corrected chi connectivity index (χ2v) is 4.62. The number of carbonyl (C=O) groups excluding carboxylic acids is 1. The van der Waals surface area contributed by atoms with E-state index in [0.29, 0.717) is 13.2 Å². The first-order valence-electron chi connectivity index (χ1n) is 6.58. The molecule has 0 bridgehead atoms. The average Bonchev–Trinajstić information content (AvgIpc) is 2.83. The Kier molecular flexibility index (Phi) is 6.58. The average molecular weight is 274 g/mol. The monoisotopic (exact) mass is 274 g/mol. The van der Waals surface area contributed by atoms with Crippen molar-refractivity contribution in [3.05, 3.63) is 0 Å². The van der Waals surface area contributed by atoms with Crippen molar-refractivity contribution in [3.8, 4) is 0 Å². The number of carboxylic acids is 1. The lowest BCUT2D eigenvalue weighted by atomic mass is 10.00. The summed E-state index contributed by atoms with van der Waals surface area (Å²) >= 11 is 0. The van der Waals surface area contributed by atoms with Gasteiger partial charge in [0.2, 0.25) is 0 Å². The van der Waals surface area contributed by atoms with Gasteiger partial charge in [-0.15, -0.1) is 0 Å². The summed E-state index contributed by atoms with van der Waals surface area (Å²) in [4.78, 5) is 22.4. The molecule has 0 saturated carbocycles. The smallest absolute Gasteiger partial charge is 0.326 e. The molecule has 4 N–H and O–H groups in total. The van der Waals surface area contributed by atoms with E-state index >= 15 is 0 Å². The van der Waals surface area contributed by atoms with Crippen LogP contribution in [0.2, 0.25) is 0 Å². The quantitative estimate of drug-likeness (QED) is 0.520. The van der Waals surface area contributed by atoms with Crippen molar-refractivity contribution in [2.24, 2.45) is 5.92 Å². The summed E-state index contributed by atoms with van der Waals surface area (Å²) in [6.07, 6.45) is 1.95. The van der Waals surface area contributed by atoms with E-state index < -0.39 is 18.0 Å². The summed E-state index contributed by atoms with van der Waals surface area (Å²) < 4.78 is 5.51. The second-order valence-electron chi connectivity index (χ2n) is 4.62. The SMILES string of the molecule is CCC1OCCC1CNC(=O)NC(CCO)C(=O)O. The highest BCUT2D eigenvalue weighted by Gasteiger charge is 2.27. The predicted octanol–water partition coefficient (Wildman–Crippen LogP) is -0.0637. The highest BCUT2D eigenvalue weighted by molar-refractivity contribution is 5.82. The third kappa shape index (κ3) is 5.04. The molecule has 110 valence electrons. The zero-order valence-electron chi connectivity index (χ0n) is 11.1. The van der Waals surface area contributed by atoms with Gasteiger partial charge in [0.15, 0.2) is 0 Å². The fourth-order valence-corrected chi connectivity index (χ4v) is 2.20. The van der Waals surface area contributed by atoms with Gasteiger partial charge in [-0.05, 0) is 12.8 Å². The van der Waals surface area contributed by atoms with Crippen LogP contribution >= 0.6 is 0 Å². The first-order chi connectivity index (χ1) is 9.08. The van der Waals surface area contributed by atoms with E-state index in [0.717, 1.165) is 12.8 Å². The predicted molar refractivity (Wildman–Crippen MR) is 67.8 cm³/mol. The molecule has 3 atom stereocenters. The summed E-state index contributed by atoms with van der Waals surface area (Å²) in [6, 6.07) is -1.59. The largest absolute Gasteiger partial charge is 0.480 e. The number of aliphatic hydroxyl groups is 1. The first kappa shape index (κ1) is 15.7. The van der Waals surface area contributed by atoms with Crippen molar-refractivity contribution in [2.45, 2.75) is 38.3 Å². The Labute approximate surface area is 112 Å². The Morgan fingerprint density at radius 1 is 1.47 bits per heavy atom. The van der Waals surface area contributed by atoms with E-state index in [2.05, 4.69) is 10.6 Å². The molecular formula is C12H22N2O5. The van der Waals surface area contributed by atoms with Crippen LogP contribution in [0.1, 0.15) is 26.2 Å². The van der Waals surface area contributed by atoms with Gasteiger partial charge < -0.3 is 25.6 Å². The summed E-state index contributed by atoms with van der Waals surface area (Å²) in [7, 11) is 0. The molecule has 0 spiro atoms. The summed E-state index contributed by atoms with van der Waals surface area (Å²) in [6.45, 7) is 2.92.